The molecule has 0 amide bonds. The van der Waals surface area contributed by atoms with Gasteiger partial charge in [-0.25, -0.2) is 0 Å². The number of rotatable bonds is 3. The van der Waals surface area contributed by atoms with Crippen molar-refractivity contribution in [2.45, 2.75) is 12.8 Å². The van der Waals surface area contributed by atoms with Crippen molar-refractivity contribution >= 4 is 0 Å². The van der Waals surface area contributed by atoms with E-state index in [0.717, 1.165) is 5.92 Å². The fourth-order valence-electron chi connectivity index (χ4n) is 2.70. The second-order valence-electron chi connectivity index (χ2n) is 5.35. The summed E-state index contributed by atoms with van der Waals surface area (Å²) in [4.78, 5) is 7.53. The van der Waals surface area contributed by atoms with E-state index in [9.17, 15) is 0 Å². The molecule has 0 aliphatic carbocycles. The van der Waals surface area contributed by atoms with E-state index in [1.165, 1.54) is 58.7 Å². The van der Waals surface area contributed by atoms with Crippen LogP contribution in [-0.2, 0) is 0 Å². The molecule has 0 bridgehead atoms. The zero-order chi connectivity index (χ0) is 10.7. The summed E-state index contributed by atoms with van der Waals surface area (Å²) in [6.07, 6.45) is 2.83. The summed E-state index contributed by atoms with van der Waals surface area (Å²) >= 11 is 0. The van der Waals surface area contributed by atoms with Gasteiger partial charge in [-0.05, 0) is 45.9 Å². The average molecular weight is 211 g/mol. The third-order valence-corrected chi connectivity index (χ3v) is 3.94. The first-order valence-electron chi connectivity index (χ1n) is 6.33. The molecule has 0 radical (unpaired) electrons. The molecule has 88 valence electrons. The summed E-state index contributed by atoms with van der Waals surface area (Å²) in [6, 6.07) is 0. The Balaban J connectivity index is 1.61. The van der Waals surface area contributed by atoms with E-state index in [1.54, 1.807) is 0 Å². The maximum absolute atomic E-state index is 2.64. The van der Waals surface area contributed by atoms with Crippen LogP contribution in [0.15, 0.2) is 0 Å². The van der Waals surface area contributed by atoms with Crippen molar-refractivity contribution in [2.75, 3.05) is 59.9 Å². The molecule has 3 nitrogen and oxygen atoms in total. The Labute approximate surface area is 94.0 Å². The summed E-state index contributed by atoms with van der Waals surface area (Å²) in [6.45, 7) is 9.03. The molecule has 2 saturated heterocycles. The van der Waals surface area contributed by atoms with Gasteiger partial charge < -0.3 is 14.7 Å². The topological polar surface area (TPSA) is 9.72 Å². The number of nitrogens with zero attached hydrogens (tertiary/aromatic N) is 3. The molecule has 2 heterocycles. The molecule has 2 aliphatic heterocycles. The quantitative estimate of drug-likeness (QED) is 0.676. The highest BCUT2D eigenvalue weighted by Gasteiger charge is 2.21. The first kappa shape index (κ1) is 11.4. The van der Waals surface area contributed by atoms with Crippen LogP contribution in [-0.4, -0.2) is 74.6 Å². The summed E-state index contributed by atoms with van der Waals surface area (Å²) in [7, 11) is 4.47. The fraction of sp³-hybridized carbons (Fsp3) is 1.00. The number of piperazine rings is 1. The lowest BCUT2D eigenvalue weighted by molar-refractivity contribution is 0.147. The lowest BCUT2D eigenvalue weighted by Crippen LogP contribution is -2.45. The molecule has 0 spiro atoms. The molecule has 1 unspecified atom stereocenters. The van der Waals surface area contributed by atoms with Crippen LogP contribution in [0.3, 0.4) is 0 Å². The SMILES string of the molecule is CN1CCN(CCC2CCN(C)C2)CC1. The van der Waals surface area contributed by atoms with Gasteiger partial charge in [0.15, 0.2) is 0 Å². The molecular weight excluding hydrogens is 186 g/mol. The lowest BCUT2D eigenvalue weighted by Gasteiger charge is -2.32. The zero-order valence-electron chi connectivity index (χ0n) is 10.3. The van der Waals surface area contributed by atoms with Crippen molar-refractivity contribution < 1.29 is 0 Å². The highest BCUT2D eigenvalue weighted by atomic mass is 15.2. The number of hydrogen-bond acceptors (Lipinski definition) is 3. The first-order valence-corrected chi connectivity index (χ1v) is 6.33. The van der Waals surface area contributed by atoms with Crippen LogP contribution in [0.4, 0.5) is 0 Å². The molecule has 2 fully saturated rings. The molecule has 0 aromatic heterocycles. The minimum absolute atomic E-state index is 0.967. The molecule has 0 aromatic carbocycles. The van der Waals surface area contributed by atoms with E-state index < -0.39 is 0 Å². The van der Waals surface area contributed by atoms with E-state index in [2.05, 4.69) is 28.8 Å². The Kier molecular flexibility index (Phi) is 4.00. The highest BCUT2D eigenvalue weighted by Crippen LogP contribution is 2.18. The van der Waals surface area contributed by atoms with E-state index in [4.69, 9.17) is 0 Å². The molecule has 15 heavy (non-hydrogen) atoms. The van der Waals surface area contributed by atoms with Crippen molar-refractivity contribution in [2.24, 2.45) is 5.92 Å². The molecule has 0 N–H and O–H groups in total. The van der Waals surface area contributed by atoms with Crippen LogP contribution in [0.1, 0.15) is 12.8 Å². The first-order chi connectivity index (χ1) is 7.24. The molecule has 0 aromatic rings. The molecule has 3 heteroatoms. The van der Waals surface area contributed by atoms with Crippen LogP contribution in [0.2, 0.25) is 0 Å². The van der Waals surface area contributed by atoms with Gasteiger partial charge in [-0.1, -0.05) is 0 Å². The van der Waals surface area contributed by atoms with Gasteiger partial charge in [0.2, 0.25) is 0 Å². The minimum atomic E-state index is 0.967. The highest BCUT2D eigenvalue weighted by molar-refractivity contribution is 4.76. The van der Waals surface area contributed by atoms with Crippen LogP contribution in [0, 0.1) is 5.92 Å². The summed E-state index contributed by atoms with van der Waals surface area (Å²) in [5.74, 6) is 0.967. The third kappa shape index (κ3) is 3.44. The van der Waals surface area contributed by atoms with E-state index in [-0.39, 0.29) is 0 Å². The standard InChI is InChI=1S/C12H25N3/c1-13-7-9-15(10-8-13)6-4-12-3-5-14(2)11-12/h12H,3-11H2,1-2H3. The van der Waals surface area contributed by atoms with Gasteiger partial charge in [0.05, 0.1) is 0 Å². The van der Waals surface area contributed by atoms with E-state index in [0.29, 0.717) is 0 Å². The van der Waals surface area contributed by atoms with Crippen LogP contribution in [0.5, 0.6) is 0 Å². The smallest absolute Gasteiger partial charge is 0.0110 e. The second-order valence-corrected chi connectivity index (χ2v) is 5.35. The van der Waals surface area contributed by atoms with Gasteiger partial charge in [-0.2, -0.15) is 0 Å². The zero-order valence-corrected chi connectivity index (χ0v) is 10.3. The average Bonchev–Trinajstić information content (AvgIpc) is 2.64. The van der Waals surface area contributed by atoms with Crippen LogP contribution in [0.25, 0.3) is 0 Å². The fourth-order valence-corrected chi connectivity index (χ4v) is 2.70. The largest absolute Gasteiger partial charge is 0.306 e. The number of hydrogen-bond donors (Lipinski definition) is 0. The van der Waals surface area contributed by atoms with E-state index >= 15 is 0 Å². The third-order valence-electron chi connectivity index (χ3n) is 3.94. The Morgan fingerprint density at radius 3 is 2.27 bits per heavy atom. The van der Waals surface area contributed by atoms with Gasteiger partial charge in [-0.15, -0.1) is 0 Å². The molecule has 1 atom stereocenters. The molecule has 0 saturated carbocycles. The Hall–Kier alpha value is -0.120. The number of likely N-dealkylation sites (tertiary alicyclic amines) is 1. The van der Waals surface area contributed by atoms with Gasteiger partial charge in [0, 0.05) is 32.7 Å². The van der Waals surface area contributed by atoms with Crippen LogP contribution >= 0.6 is 0 Å². The van der Waals surface area contributed by atoms with Crippen molar-refractivity contribution in [1.82, 2.24) is 14.7 Å². The van der Waals surface area contributed by atoms with Gasteiger partial charge in [0.1, 0.15) is 0 Å². The maximum Gasteiger partial charge on any atom is 0.0110 e. The normalized spacial score (nSPS) is 31.2. The van der Waals surface area contributed by atoms with Crippen LogP contribution < -0.4 is 0 Å². The molecule has 2 rings (SSSR count). The lowest BCUT2D eigenvalue weighted by atomic mass is 10.0. The van der Waals surface area contributed by atoms with Gasteiger partial charge in [0.25, 0.3) is 0 Å². The van der Waals surface area contributed by atoms with Crippen molar-refractivity contribution in [3.63, 3.8) is 0 Å². The number of likely N-dealkylation sites (N-methyl/N-ethyl adjacent to an activating group) is 1. The van der Waals surface area contributed by atoms with Crippen molar-refractivity contribution in [1.29, 1.82) is 0 Å². The van der Waals surface area contributed by atoms with Crippen molar-refractivity contribution in [3.8, 4) is 0 Å². The molecule has 2 aliphatic rings. The maximum atomic E-state index is 2.64. The van der Waals surface area contributed by atoms with Gasteiger partial charge >= 0.3 is 0 Å². The summed E-state index contributed by atoms with van der Waals surface area (Å²) < 4.78 is 0. The monoisotopic (exact) mass is 211 g/mol. The second kappa shape index (κ2) is 5.28. The van der Waals surface area contributed by atoms with E-state index in [1.807, 2.05) is 0 Å². The predicted octanol–water partition coefficient (Wildman–Crippen LogP) is 0.576. The summed E-state index contributed by atoms with van der Waals surface area (Å²) in [5.41, 5.74) is 0. The van der Waals surface area contributed by atoms with Crippen molar-refractivity contribution in [3.05, 3.63) is 0 Å². The summed E-state index contributed by atoms with van der Waals surface area (Å²) in [5, 5.41) is 0. The van der Waals surface area contributed by atoms with Gasteiger partial charge in [-0.3, -0.25) is 0 Å². The Morgan fingerprint density at radius 2 is 1.67 bits per heavy atom. The predicted molar refractivity (Wildman–Crippen MR) is 64.2 cm³/mol. The Bertz CT molecular complexity index is 187. The minimum Gasteiger partial charge on any atom is -0.306 e. The molecular formula is C12H25N3. The Morgan fingerprint density at radius 1 is 0.933 bits per heavy atom.